The molecule has 8 nitrogen and oxygen atoms in total. The largest absolute Gasteiger partial charge is 0.334 e. The summed E-state index contributed by atoms with van der Waals surface area (Å²) in [7, 11) is 3.66. The van der Waals surface area contributed by atoms with E-state index in [2.05, 4.69) is 25.0 Å². The van der Waals surface area contributed by atoms with Gasteiger partial charge in [-0.3, -0.25) is 19.4 Å². The van der Waals surface area contributed by atoms with E-state index < -0.39 is 0 Å². The summed E-state index contributed by atoms with van der Waals surface area (Å²) in [6, 6.07) is 3.90. The second-order valence-electron chi connectivity index (χ2n) is 5.82. The zero-order valence-electron chi connectivity index (χ0n) is 13.8. The molecule has 0 saturated carbocycles. The molecule has 0 atom stereocenters. The molecular formula is C17H15N7O. The highest BCUT2D eigenvalue weighted by Gasteiger charge is 2.13. The Morgan fingerprint density at radius 3 is 2.64 bits per heavy atom. The summed E-state index contributed by atoms with van der Waals surface area (Å²) in [5, 5.41) is 4.95. The first-order valence-electron chi connectivity index (χ1n) is 7.70. The molecular weight excluding hydrogens is 318 g/mol. The first-order chi connectivity index (χ1) is 12.1. The summed E-state index contributed by atoms with van der Waals surface area (Å²) in [5.41, 5.74) is 3.37. The van der Waals surface area contributed by atoms with Crippen LogP contribution in [0.2, 0.25) is 0 Å². The molecule has 0 amide bonds. The average molecular weight is 333 g/mol. The molecule has 0 N–H and O–H groups in total. The van der Waals surface area contributed by atoms with Crippen LogP contribution in [0.1, 0.15) is 16.3 Å². The van der Waals surface area contributed by atoms with E-state index in [-0.39, 0.29) is 18.0 Å². The van der Waals surface area contributed by atoms with Crippen molar-refractivity contribution in [2.45, 2.75) is 6.42 Å². The SMILES string of the molecule is Cn1cnc(C(=O)Cc2cc3cc(-c4cncn4C)cnc3cn2)n1. The van der Waals surface area contributed by atoms with Crippen LogP contribution < -0.4 is 0 Å². The molecule has 4 aromatic rings. The number of aromatic nitrogens is 7. The van der Waals surface area contributed by atoms with Crippen LogP contribution in [0, 0.1) is 0 Å². The third kappa shape index (κ3) is 2.89. The van der Waals surface area contributed by atoms with Gasteiger partial charge in [0.1, 0.15) is 6.33 Å². The van der Waals surface area contributed by atoms with Crippen molar-refractivity contribution in [3.05, 3.63) is 54.9 Å². The number of carbonyl (C=O) groups is 1. The number of nitrogens with zero attached hydrogens (tertiary/aromatic N) is 7. The third-order valence-electron chi connectivity index (χ3n) is 3.93. The molecule has 0 aromatic carbocycles. The Labute approximate surface area is 143 Å². The standard InChI is InChI=1S/C17H15N7O/c1-23-9-18-8-15(23)12-3-11-4-13(19-7-14(11)20-6-12)5-16(25)17-21-10-24(2)22-17/h3-4,6-10H,5H2,1-2H3. The summed E-state index contributed by atoms with van der Waals surface area (Å²) >= 11 is 0. The Kier molecular flexibility index (Phi) is 3.57. The van der Waals surface area contributed by atoms with E-state index in [4.69, 9.17) is 0 Å². The molecule has 0 radical (unpaired) electrons. The lowest BCUT2D eigenvalue weighted by molar-refractivity contribution is 0.0982. The Morgan fingerprint density at radius 1 is 1.04 bits per heavy atom. The van der Waals surface area contributed by atoms with Crippen LogP contribution in [-0.4, -0.2) is 40.1 Å². The van der Waals surface area contributed by atoms with Crippen molar-refractivity contribution in [3.63, 3.8) is 0 Å². The van der Waals surface area contributed by atoms with Gasteiger partial charge in [0.2, 0.25) is 11.6 Å². The van der Waals surface area contributed by atoms with Gasteiger partial charge in [-0.15, -0.1) is 5.10 Å². The topological polar surface area (TPSA) is 91.4 Å². The minimum absolute atomic E-state index is 0.149. The highest BCUT2D eigenvalue weighted by Crippen LogP contribution is 2.22. The van der Waals surface area contributed by atoms with Crippen LogP contribution in [0.15, 0.2) is 43.4 Å². The van der Waals surface area contributed by atoms with Crippen molar-refractivity contribution in [2.75, 3.05) is 0 Å². The van der Waals surface area contributed by atoms with E-state index >= 15 is 0 Å². The molecule has 4 heterocycles. The van der Waals surface area contributed by atoms with Crippen LogP contribution in [0.4, 0.5) is 0 Å². The quantitative estimate of drug-likeness (QED) is 0.527. The Hall–Kier alpha value is -3.42. The average Bonchev–Trinajstić information content (AvgIpc) is 3.22. The van der Waals surface area contributed by atoms with Gasteiger partial charge in [0.25, 0.3) is 0 Å². The molecule has 0 aliphatic heterocycles. The Balaban J connectivity index is 1.67. The van der Waals surface area contributed by atoms with Crippen LogP contribution in [0.3, 0.4) is 0 Å². The van der Waals surface area contributed by atoms with Gasteiger partial charge in [-0.1, -0.05) is 0 Å². The van der Waals surface area contributed by atoms with Crippen LogP contribution in [0.5, 0.6) is 0 Å². The molecule has 4 rings (SSSR count). The van der Waals surface area contributed by atoms with Gasteiger partial charge in [0.05, 0.1) is 36.4 Å². The molecule has 124 valence electrons. The molecule has 4 aromatic heterocycles. The number of rotatable bonds is 4. The number of hydrogen-bond acceptors (Lipinski definition) is 6. The molecule has 0 aliphatic rings. The fraction of sp³-hybridized carbons (Fsp3) is 0.176. The van der Waals surface area contributed by atoms with E-state index in [0.717, 1.165) is 22.2 Å². The summed E-state index contributed by atoms with van der Waals surface area (Å²) in [4.78, 5) is 29.1. The number of fused-ring (bicyclic) bond motifs is 1. The third-order valence-corrected chi connectivity index (χ3v) is 3.93. The molecule has 0 unspecified atom stereocenters. The van der Waals surface area contributed by atoms with Gasteiger partial charge >= 0.3 is 0 Å². The van der Waals surface area contributed by atoms with E-state index in [1.807, 2.05) is 23.7 Å². The maximum Gasteiger partial charge on any atom is 0.217 e. The molecule has 25 heavy (non-hydrogen) atoms. The smallest absolute Gasteiger partial charge is 0.217 e. The van der Waals surface area contributed by atoms with Gasteiger partial charge in [0, 0.05) is 36.9 Å². The van der Waals surface area contributed by atoms with Crippen molar-refractivity contribution in [1.29, 1.82) is 0 Å². The molecule has 0 saturated heterocycles. The van der Waals surface area contributed by atoms with Gasteiger partial charge < -0.3 is 4.57 Å². The summed E-state index contributed by atoms with van der Waals surface area (Å²) in [6.45, 7) is 0. The van der Waals surface area contributed by atoms with E-state index in [1.54, 1.807) is 32.0 Å². The minimum atomic E-state index is -0.164. The maximum atomic E-state index is 12.3. The summed E-state index contributed by atoms with van der Waals surface area (Å²) in [6.07, 6.45) is 8.67. The Bertz CT molecular complexity index is 1080. The van der Waals surface area contributed by atoms with E-state index in [0.29, 0.717) is 5.69 Å². The predicted molar refractivity (Wildman–Crippen MR) is 90.8 cm³/mol. The molecule has 0 fully saturated rings. The van der Waals surface area contributed by atoms with Crippen molar-refractivity contribution in [1.82, 2.24) is 34.3 Å². The molecule has 0 spiro atoms. The first-order valence-corrected chi connectivity index (χ1v) is 7.70. The minimum Gasteiger partial charge on any atom is -0.334 e. The number of ketones is 1. The summed E-state index contributed by atoms with van der Waals surface area (Å²) < 4.78 is 3.44. The van der Waals surface area contributed by atoms with Crippen molar-refractivity contribution in [2.24, 2.45) is 14.1 Å². The van der Waals surface area contributed by atoms with Crippen molar-refractivity contribution >= 4 is 16.7 Å². The lowest BCUT2D eigenvalue weighted by Gasteiger charge is -2.05. The lowest BCUT2D eigenvalue weighted by Crippen LogP contribution is -2.08. The van der Waals surface area contributed by atoms with Gasteiger partial charge in [-0.2, -0.15) is 0 Å². The number of Topliss-reactive ketones (excluding diaryl/α,β-unsaturated/α-hetero) is 1. The monoisotopic (exact) mass is 333 g/mol. The van der Waals surface area contributed by atoms with Gasteiger partial charge in [-0.05, 0) is 12.1 Å². The zero-order valence-corrected chi connectivity index (χ0v) is 13.8. The first kappa shape index (κ1) is 15.1. The van der Waals surface area contributed by atoms with Gasteiger partial charge in [-0.25, -0.2) is 9.97 Å². The van der Waals surface area contributed by atoms with Crippen LogP contribution in [0.25, 0.3) is 22.2 Å². The Morgan fingerprint density at radius 2 is 1.92 bits per heavy atom. The maximum absolute atomic E-state index is 12.3. The molecule has 8 heteroatoms. The summed E-state index contributed by atoms with van der Waals surface area (Å²) in [5.74, 6) is 0.0364. The molecule has 0 bridgehead atoms. The second-order valence-corrected chi connectivity index (χ2v) is 5.82. The highest BCUT2D eigenvalue weighted by molar-refractivity contribution is 5.94. The van der Waals surface area contributed by atoms with Crippen LogP contribution >= 0.6 is 0 Å². The highest BCUT2D eigenvalue weighted by atomic mass is 16.1. The number of imidazole rings is 1. The number of aryl methyl sites for hydroxylation is 2. The van der Waals surface area contributed by atoms with Gasteiger partial charge in [0.15, 0.2) is 0 Å². The zero-order chi connectivity index (χ0) is 17.4. The fourth-order valence-electron chi connectivity index (χ4n) is 2.66. The number of hydrogen-bond donors (Lipinski definition) is 0. The lowest BCUT2D eigenvalue weighted by atomic mass is 10.1. The fourth-order valence-corrected chi connectivity index (χ4v) is 2.66. The van der Waals surface area contributed by atoms with E-state index in [9.17, 15) is 4.79 Å². The van der Waals surface area contributed by atoms with E-state index in [1.165, 1.54) is 11.0 Å². The van der Waals surface area contributed by atoms with Crippen molar-refractivity contribution < 1.29 is 4.79 Å². The molecule has 0 aliphatic carbocycles. The van der Waals surface area contributed by atoms with Crippen molar-refractivity contribution in [3.8, 4) is 11.3 Å². The van der Waals surface area contributed by atoms with Crippen LogP contribution in [-0.2, 0) is 20.5 Å². The number of carbonyl (C=O) groups excluding carboxylic acids is 1. The second kappa shape index (κ2) is 5.90. The normalized spacial score (nSPS) is 11.1. The number of pyridine rings is 2. The predicted octanol–water partition coefficient (Wildman–Crippen LogP) is 1.58.